The Bertz CT molecular complexity index is 367. The molecule has 0 atom stereocenters. The predicted octanol–water partition coefficient (Wildman–Crippen LogP) is 2.64. The Morgan fingerprint density at radius 3 is 2.95 bits per heavy atom. The molecule has 0 aromatic carbocycles. The number of hydrogen-bond acceptors (Lipinski definition) is 5. The van der Waals surface area contributed by atoms with Gasteiger partial charge in [-0.25, -0.2) is 4.98 Å². The minimum atomic E-state index is 0.460. The van der Waals surface area contributed by atoms with Crippen molar-refractivity contribution in [2.24, 2.45) is 0 Å². The van der Waals surface area contributed by atoms with Gasteiger partial charge in [0.2, 0.25) is 11.8 Å². The fraction of sp³-hybridized carbons (Fsp3) is 0.714. The van der Waals surface area contributed by atoms with Gasteiger partial charge in [-0.2, -0.15) is 4.98 Å². The number of ether oxygens (including phenoxy) is 2. The third-order valence-electron chi connectivity index (χ3n) is 3.13. The molecular formula is C14H23N3O2. The van der Waals surface area contributed by atoms with E-state index in [9.17, 15) is 0 Å². The maximum Gasteiger partial charge on any atom is 0.226 e. The number of nitrogens with one attached hydrogen (secondary N) is 1. The molecule has 1 aromatic heterocycles. The fourth-order valence-corrected chi connectivity index (χ4v) is 2.16. The van der Waals surface area contributed by atoms with Crippen LogP contribution in [0.15, 0.2) is 12.3 Å². The quantitative estimate of drug-likeness (QED) is 0.732. The first-order valence-corrected chi connectivity index (χ1v) is 7.20. The van der Waals surface area contributed by atoms with Crippen molar-refractivity contribution in [1.29, 1.82) is 0 Å². The molecule has 0 amide bonds. The lowest BCUT2D eigenvalue weighted by molar-refractivity contribution is 0.0658. The summed E-state index contributed by atoms with van der Waals surface area (Å²) in [7, 11) is 0. The maximum atomic E-state index is 5.77. The second-order valence-electron chi connectivity index (χ2n) is 4.77. The van der Waals surface area contributed by atoms with Crippen LogP contribution in [0, 0.1) is 0 Å². The second kappa shape index (κ2) is 7.94. The summed E-state index contributed by atoms with van der Waals surface area (Å²) in [5.41, 5.74) is 0. The van der Waals surface area contributed by atoms with Crippen molar-refractivity contribution in [2.75, 3.05) is 25.1 Å². The fourth-order valence-electron chi connectivity index (χ4n) is 2.16. The number of hydrogen-bond donors (Lipinski definition) is 1. The molecule has 1 fully saturated rings. The Morgan fingerprint density at radius 1 is 1.32 bits per heavy atom. The Hall–Kier alpha value is -1.36. The molecular weight excluding hydrogens is 242 g/mol. The van der Waals surface area contributed by atoms with Gasteiger partial charge in [-0.05, 0) is 19.3 Å². The second-order valence-corrected chi connectivity index (χ2v) is 4.77. The molecule has 1 aliphatic carbocycles. The van der Waals surface area contributed by atoms with E-state index in [4.69, 9.17) is 9.47 Å². The standard InChI is InChI=1S/C14H23N3O2/c1-2-10-19-13-7-8-15-14(17-13)16-9-11-18-12-5-3-4-6-12/h7-8,12H,2-6,9-11H2,1H3,(H,15,16,17). The van der Waals surface area contributed by atoms with Gasteiger partial charge in [-0.15, -0.1) is 0 Å². The number of nitrogens with zero attached hydrogens (tertiary/aromatic N) is 2. The Labute approximate surface area is 114 Å². The minimum absolute atomic E-state index is 0.460. The highest BCUT2D eigenvalue weighted by molar-refractivity contribution is 5.27. The van der Waals surface area contributed by atoms with Crippen molar-refractivity contribution in [3.63, 3.8) is 0 Å². The zero-order chi connectivity index (χ0) is 13.3. The summed E-state index contributed by atoms with van der Waals surface area (Å²) in [6.45, 7) is 4.18. The van der Waals surface area contributed by atoms with E-state index >= 15 is 0 Å². The molecule has 0 unspecified atom stereocenters. The summed E-state index contributed by atoms with van der Waals surface area (Å²) in [6.07, 6.45) is 8.16. The molecule has 0 spiro atoms. The molecule has 1 heterocycles. The van der Waals surface area contributed by atoms with Crippen LogP contribution in [0.2, 0.25) is 0 Å². The predicted molar refractivity (Wildman–Crippen MR) is 74.5 cm³/mol. The minimum Gasteiger partial charge on any atom is -0.478 e. The number of aromatic nitrogens is 2. The summed E-state index contributed by atoms with van der Waals surface area (Å²) in [5.74, 6) is 1.22. The Balaban J connectivity index is 1.66. The molecule has 5 heteroatoms. The van der Waals surface area contributed by atoms with Crippen molar-refractivity contribution >= 4 is 5.95 Å². The number of rotatable bonds is 8. The molecule has 1 aliphatic rings. The molecule has 0 aliphatic heterocycles. The van der Waals surface area contributed by atoms with Crippen LogP contribution in [-0.2, 0) is 4.74 Å². The van der Waals surface area contributed by atoms with Crippen LogP contribution < -0.4 is 10.1 Å². The maximum absolute atomic E-state index is 5.77. The van der Waals surface area contributed by atoms with Crippen LogP contribution in [0.25, 0.3) is 0 Å². The van der Waals surface area contributed by atoms with Crippen LogP contribution >= 0.6 is 0 Å². The van der Waals surface area contributed by atoms with Crippen molar-refractivity contribution in [2.45, 2.75) is 45.1 Å². The van der Waals surface area contributed by atoms with E-state index in [2.05, 4.69) is 22.2 Å². The van der Waals surface area contributed by atoms with E-state index in [0.717, 1.165) is 13.0 Å². The van der Waals surface area contributed by atoms with Crippen LogP contribution in [0.1, 0.15) is 39.0 Å². The van der Waals surface area contributed by atoms with E-state index in [-0.39, 0.29) is 0 Å². The zero-order valence-electron chi connectivity index (χ0n) is 11.6. The van der Waals surface area contributed by atoms with Gasteiger partial charge in [-0.3, -0.25) is 0 Å². The van der Waals surface area contributed by atoms with Crippen LogP contribution in [0.3, 0.4) is 0 Å². The normalized spacial score (nSPS) is 15.6. The van der Waals surface area contributed by atoms with Gasteiger partial charge in [0.25, 0.3) is 0 Å². The summed E-state index contributed by atoms with van der Waals surface area (Å²) in [5, 5.41) is 3.16. The van der Waals surface area contributed by atoms with Crippen LogP contribution in [-0.4, -0.2) is 35.8 Å². The first kappa shape index (κ1) is 14.1. The first-order chi connectivity index (χ1) is 9.38. The average molecular weight is 265 g/mol. The SMILES string of the molecule is CCCOc1ccnc(NCCOC2CCCC2)n1. The lowest BCUT2D eigenvalue weighted by Gasteiger charge is -2.11. The molecule has 0 saturated heterocycles. The summed E-state index contributed by atoms with van der Waals surface area (Å²) in [4.78, 5) is 8.44. The van der Waals surface area contributed by atoms with Crippen molar-refractivity contribution in [3.05, 3.63) is 12.3 Å². The number of anilines is 1. The van der Waals surface area contributed by atoms with E-state index in [1.165, 1.54) is 25.7 Å². The average Bonchev–Trinajstić information content (AvgIpc) is 2.95. The highest BCUT2D eigenvalue weighted by Gasteiger charge is 2.14. The van der Waals surface area contributed by atoms with Gasteiger partial charge in [0.05, 0.1) is 19.3 Å². The van der Waals surface area contributed by atoms with Crippen LogP contribution in [0.5, 0.6) is 5.88 Å². The molecule has 0 bridgehead atoms. The topological polar surface area (TPSA) is 56.3 Å². The van der Waals surface area contributed by atoms with E-state index in [1.807, 2.05) is 0 Å². The molecule has 1 saturated carbocycles. The summed E-state index contributed by atoms with van der Waals surface area (Å²) >= 11 is 0. The van der Waals surface area contributed by atoms with Crippen molar-refractivity contribution in [1.82, 2.24) is 9.97 Å². The van der Waals surface area contributed by atoms with E-state index in [1.54, 1.807) is 12.3 Å². The lowest BCUT2D eigenvalue weighted by atomic mass is 10.3. The molecule has 19 heavy (non-hydrogen) atoms. The van der Waals surface area contributed by atoms with Gasteiger partial charge in [0.15, 0.2) is 0 Å². The monoisotopic (exact) mass is 265 g/mol. The molecule has 5 nitrogen and oxygen atoms in total. The molecule has 2 rings (SSSR count). The first-order valence-electron chi connectivity index (χ1n) is 7.20. The van der Waals surface area contributed by atoms with Gasteiger partial charge >= 0.3 is 0 Å². The Morgan fingerprint density at radius 2 is 2.16 bits per heavy atom. The third kappa shape index (κ3) is 5.03. The third-order valence-corrected chi connectivity index (χ3v) is 3.13. The largest absolute Gasteiger partial charge is 0.478 e. The smallest absolute Gasteiger partial charge is 0.226 e. The molecule has 106 valence electrons. The van der Waals surface area contributed by atoms with Gasteiger partial charge in [0.1, 0.15) is 0 Å². The Kier molecular flexibility index (Phi) is 5.88. The van der Waals surface area contributed by atoms with Crippen molar-refractivity contribution in [3.8, 4) is 5.88 Å². The molecule has 0 radical (unpaired) electrons. The molecule has 1 aromatic rings. The van der Waals surface area contributed by atoms with Gasteiger partial charge in [0, 0.05) is 18.8 Å². The molecule has 1 N–H and O–H groups in total. The van der Waals surface area contributed by atoms with E-state index < -0.39 is 0 Å². The van der Waals surface area contributed by atoms with Gasteiger partial charge in [-0.1, -0.05) is 19.8 Å². The van der Waals surface area contributed by atoms with Crippen molar-refractivity contribution < 1.29 is 9.47 Å². The zero-order valence-corrected chi connectivity index (χ0v) is 11.6. The van der Waals surface area contributed by atoms with E-state index in [0.29, 0.717) is 31.1 Å². The van der Waals surface area contributed by atoms with Crippen LogP contribution in [0.4, 0.5) is 5.95 Å². The lowest BCUT2D eigenvalue weighted by Crippen LogP contribution is -2.16. The highest BCUT2D eigenvalue weighted by Crippen LogP contribution is 2.20. The summed E-state index contributed by atoms with van der Waals surface area (Å²) < 4.78 is 11.2. The summed E-state index contributed by atoms with van der Waals surface area (Å²) in [6, 6.07) is 1.77. The van der Waals surface area contributed by atoms with Gasteiger partial charge < -0.3 is 14.8 Å². The highest BCUT2D eigenvalue weighted by atomic mass is 16.5.